The van der Waals surface area contributed by atoms with Crippen LogP contribution in [-0.4, -0.2) is 23.4 Å². The third kappa shape index (κ3) is 4.12. The Morgan fingerprint density at radius 2 is 2.15 bits per heavy atom. The fourth-order valence-electron chi connectivity index (χ4n) is 1.54. The largest absolute Gasteiger partial charge is 0.443 e. The molecule has 0 aromatic rings. The molecule has 0 spiro atoms. The van der Waals surface area contributed by atoms with Crippen LogP contribution in [0.15, 0.2) is 0 Å². The first-order chi connectivity index (χ1) is 5.94. The van der Waals surface area contributed by atoms with E-state index in [0.29, 0.717) is 6.42 Å². The minimum absolute atomic E-state index is 0.101. The van der Waals surface area contributed by atoms with Gasteiger partial charge in [-0.1, -0.05) is 6.92 Å². The van der Waals surface area contributed by atoms with E-state index in [4.69, 9.17) is 15.6 Å². The molecule has 0 heterocycles. The molecule has 0 aliphatic carbocycles. The summed E-state index contributed by atoms with van der Waals surface area (Å²) in [5.41, 5.74) is 4.35. The molecule has 4 heteroatoms. The van der Waals surface area contributed by atoms with Crippen LogP contribution in [0, 0.1) is 5.92 Å². The van der Waals surface area contributed by atoms with Gasteiger partial charge in [0.25, 0.3) is 0 Å². The molecule has 78 valence electrons. The minimum atomic E-state index is -0.763. The van der Waals surface area contributed by atoms with Crippen molar-refractivity contribution in [2.45, 2.75) is 39.2 Å². The predicted molar refractivity (Wildman–Crippen MR) is 50.2 cm³/mol. The zero-order valence-corrected chi connectivity index (χ0v) is 8.54. The molecular weight excluding hydrogens is 170 g/mol. The van der Waals surface area contributed by atoms with Gasteiger partial charge in [-0.05, 0) is 26.7 Å². The highest BCUT2D eigenvalue weighted by atomic mass is 16.6. The number of carbonyl (C=O) groups excluding carboxylic acids is 1. The van der Waals surface area contributed by atoms with Crippen molar-refractivity contribution in [1.29, 1.82) is 0 Å². The number of hydrogen-bond donors (Lipinski definition) is 2. The fraction of sp³-hybridized carbons (Fsp3) is 0.889. The summed E-state index contributed by atoms with van der Waals surface area (Å²) in [7, 11) is 0. The Kier molecular flexibility index (Phi) is 4.77. The third-order valence-corrected chi connectivity index (χ3v) is 2.32. The van der Waals surface area contributed by atoms with E-state index in [9.17, 15) is 4.79 Å². The van der Waals surface area contributed by atoms with Crippen molar-refractivity contribution in [1.82, 2.24) is 0 Å². The van der Waals surface area contributed by atoms with Crippen molar-refractivity contribution in [3.05, 3.63) is 0 Å². The summed E-state index contributed by atoms with van der Waals surface area (Å²) >= 11 is 0. The monoisotopic (exact) mass is 189 g/mol. The van der Waals surface area contributed by atoms with E-state index < -0.39 is 11.7 Å². The lowest BCUT2D eigenvalue weighted by molar-refractivity contribution is -0.0108. The van der Waals surface area contributed by atoms with E-state index in [0.717, 1.165) is 6.42 Å². The number of aliphatic hydroxyl groups is 1. The SMILES string of the molecule is CCC(CCO)C(C)(C)OC(N)=O. The normalized spacial score (nSPS) is 13.8. The number of amides is 1. The smallest absolute Gasteiger partial charge is 0.405 e. The minimum Gasteiger partial charge on any atom is -0.443 e. The summed E-state index contributed by atoms with van der Waals surface area (Å²) in [6.45, 7) is 5.71. The molecule has 0 rings (SSSR count). The van der Waals surface area contributed by atoms with Crippen LogP contribution in [0.2, 0.25) is 0 Å². The van der Waals surface area contributed by atoms with Gasteiger partial charge in [0.2, 0.25) is 0 Å². The van der Waals surface area contributed by atoms with Crippen LogP contribution < -0.4 is 5.73 Å². The maximum atomic E-state index is 10.6. The van der Waals surface area contributed by atoms with Crippen molar-refractivity contribution in [3.8, 4) is 0 Å². The molecule has 0 aliphatic heterocycles. The average molecular weight is 189 g/mol. The Labute approximate surface area is 79.1 Å². The van der Waals surface area contributed by atoms with Gasteiger partial charge in [-0.3, -0.25) is 0 Å². The number of rotatable bonds is 5. The Balaban J connectivity index is 4.27. The Bertz CT molecular complexity index is 168. The molecule has 0 fully saturated rings. The van der Waals surface area contributed by atoms with Crippen molar-refractivity contribution in [2.24, 2.45) is 11.7 Å². The first-order valence-corrected chi connectivity index (χ1v) is 4.53. The highest BCUT2D eigenvalue weighted by molar-refractivity contribution is 5.65. The van der Waals surface area contributed by atoms with Crippen LogP contribution in [0.1, 0.15) is 33.6 Å². The van der Waals surface area contributed by atoms with Gasteiger partial charge in [-0.25, -0.2) is 4.79 Å². The van der Waals surface area contributed by atoms with Gasteiger partial charge >= 0.3 is 6.09 Å². The number of hydrogen-bond acceptors (Lipinski definition) is 3. The first kappa shape index (κ1) is 12.2. The summed E-state index contributed by atoms with van der Waals surface area (Å²) in [6.07, 6.45) is 0.707. The van der Waals surface area contributed by atoms with Crippen LogP contribution >= 0.6 is 0 Å². The Morgan fingerprint density at radius 3 is 2.46 bits per heavy atom. The molecule has 0 aromatic heterocycles. The molecule has 3 N–H and O–H groups in total. The van der Waals surface area contributed by atoms with E-state index in [1.165, 1.54) is 0 Å². The van der Waals surface area contributed by atoms with Crippen molar-refractivity contribution in [3.63, 3.8) is 0 Å². The summed E-state index contributed by atoms with van der Waals surface area (Å²) in [4.78, 5) is 10.6. The highest BCUT2D eigenvalue weighted by Gasteiger charge is 2.30. The zero-order chi connectivity index (χ0) is 10.5. The van der Waals surface area contributed by atoms with E-state index in [1.54, 1.807) is 0 Å². The molecule has 0 saturated carbocycles. The van der Waals surface area contributed by atoms with Gasteiger partial charge in [0.15, 0.2) is 0 Å². The van der Waals surface area contributed by atoms with Gasteiger partial charge in [0.1, 0.15) is 5.60 Å². The maximum absolute atomic E-state index is 10.6. The molecule has 0 bridgehead atoms. The molecule has 0 aliphatic rings. The molecule has 0 saturated heterocycles. The third-order valence-electron chi connectivity index (χ3n) is 2.32. The second kappa shape index (κ2) is 5.07. The van der Waals surface area contributed by atoms with Gasteiger partial charge in [-0.15, -0.1) is 0 Å². The van der Waals surface area contributed by atoms with Crippen molar-refractivity contribution in [2.75, 3.05) is 6.61 Å². The topological polar surface area (TPSA) is 72.6 Å². The van der Waals surface area contributed by atoms with Gasteiger partial charge in [-0.2, -0.15) is 0 Å². The molecule has 13 heavy (non-hydrogen) atoms. The lowest BCUT2D eigenvalue weighted by Gasteiger charge is -2.32. The lowest BCUT2D eigenvalue weighted by Crippen LogP contribution is -2.38. The van der Waals surface area contributed by atoms with Gasteiger partial charge in [0, 0.05) is 12.5 Å². The van der Waals surface area contributed by atoms with E-state index >= 15 is 0 Å². The molecule has 4 nitrogen and oxygen atoms in total. The van der Waals surface area contributed by atoms with Crippen molar-refractivity contribution < 1.29 is 14.6 Å². The quantitative estimate of drug-likeness (QED) is 0.684. The van der Waals surface area contributed by atoms with Crippen LogP contribution in [0.4, 0.5) is 4.79 Å². The Hall–Kier alpha value is -0.770. The van der Waals surface area contributed by atoms with E-state index in [1.807, 2.05) is 20.8 Å². The number of primary amides is 1. The van der Waals surface area contributed by atoms with Gasteiger partial charge in [0.05, 0.1) is 0 Å². The van der Waals surface area contributed by atoms with Gasteiger partial charge < -0.3 is 15.6 Å². The standard InChI is InChI=1S/C9H19NO3/c1-4-7(5-6-11)9(2,3)13-8(10)12/h7,11H,4-6H2,1-3H3,(H2,10,12). The maximum Gasteiger partial charge on any atom is 0.405 e. The molecular formula is C9H19NO3. The summed E-state index contributed by atoms with van der Waals surface area (Å²) in [5, 5.41) is 8.79. The molecule has 1 amide bonds. The lowest BCUT2D eigenvalue weighted by atomic mass is 9.86. The van der Waals surface area contributed by atoms with Crippen LogP contribution in [0.25, 0.3) is 0 Å². The number of carbonyl (C=O) groups is 1. The van der Waals surface area contributed by atoms with Crippen LogP contribution in [0.3, 0.4) is 0 Å². The number of aliphatic hydroxyl groups excluding tert-OH is 1. The fourth-order valence-corrected chi connectivity index (χ4v) is 1.54. The zero-order valence-electron chi connectivity index (χ0n) is 8.54. The predicted octanol–water partition coefficient (Wildman–Crippen LogP) is 1.27. The Morgan fingerprint density at radius 1 is 1.62 bits per heavy atom. The molecule has 0 aromatic carbocycles. The van der Waals surface area contributed by atoms with E-state index in [2.05, 4.69) is 0 Å². The van der Waals surface area contributed by atoms with Crippen LogP contribution in [0.5, 0.6) is 0 Å². The second-order valence-electron chi connectivity index (χ2n) is 3.64. The average Bonchev–Trinajstić information content (AvgIpc) is 1.97. The number of nitrogens with two attached hydrogens (primary N) is 1. The second-order valence-corrected chi connectivity index (χ2v) is 3.64. The summed E-state index contributed by atoms with van der Waals surface area (Å²) < 4.78 is 4.97. The molecule has 0 radical (unpaired) electrons. The van der Waals surface area contributed by atoms with Crippen LogP contribution in [-0.2, 0) is 4.74 Å². The molecule has 1 atom stereocenters. The summed E-state index contributed by atoms with van der Waals surface area (Å²) in [5.74, 6) is 0.144. The van der Waals surface area contributed by atoms with Crippen molar-refractivity contribution >= 4 is 6.09 Å². The number of ether oxygens (including phenoxy) is 1. The molecule has 1 unspecified atom stereocenters. The van der Waals surface area contributed by atoms with E-state index in [-0.39, 0.29) is 12.5 Å². The summed E-state index contributed by atoms with van der Waals surface area (Å²) in [6, 6.07) is 0. The highest BCUT2D eigenvalue weighted by Crippen LogP contribution is 2.26. The first-order valence-electron chi connectivity index (χ1n) is 4.53.